The second-order valence-electron chi connectivity index (χ2n) is 5.67. The van der Waals surface area contributed by atoms with Crippen LogP contribution in [0.4, 0.5) is 4.79 Å². The summed E-state index contributed by atoms with van der Waals surface area (Å²) in [7, 11) is 1.64. The molecular formula is C19H22N2O3. The minimum atomic E-state index is -0.201. The standard InChI is InChI=1S/C19H22N2O3/c1-23-17-9-7-16(8-10-17)18(15-5-3-2-4-6-15)20-19(22)21-11-13-24-14-12-21/h2-10,18H,11-14H2,1H3,(H,20,22)/t18-/m1/s1. The Morgan fingerprint density at radius 3 is 2.29 bits per heavy atom. The molecule has 0 radical (unpaired) electrons. The molecule has 2 amide bonds. The van der Waals surface area contributed by atoms with Crippen LogP contribution in [0.1, 0.15) is 17.2 Å². The van der Waals surface area contributed by atoms with Gasteiger partial charge in [0.2, 0.25) is 0 Å². The van der Waals surface area contributed by atoms with E-state index >= 15 is 0 Å². The van der Waals surface area contributed by atoms with E-state index in [1.54, 1.807) is 12.0 Å². The normalized spacial score (nSPS) is 15.6. The van der Waals surface area contributed by atoms with E-state index in [2.05, 4.69) is 5.32 Å². The lowest BCUT2D eigenvalue weighted by atomic mass is 9.99. The van der Waals surface area contributed by atoms with Gasteiger partial charge in [-0.15, -0.1) is 0 Å². The Hall–Kier alpha value is -2.53. The number of carbonyl (C=O) groups is 1. The molecule has 1 atom stereocenters. The number of amides is 2. The zero-order valence-corrected chi connectivity index (χ0v) is 13.8. The first-order valence-electron chi connectivity index (χ1n) is 8.10. The van der Waals surface area contributed by atoms with Crippen molar-refractivity contribution in [3.63, 3.8) is 0 Å². The maximum atomic E-state index is 12.6. The number of hydrogen-bond acceptors (Lipinski definition) is 3. The molecule has 0 unspecified atom stereocenters. The van der Waals surface area contributed by atoms with E-state index in [0.717, 1.165) is 16.9 Å². The fraction of sp³-hybridized carbons (Fsp3) is 0.316. The van der Waals surface area contributed by atoms with Crippen LogP contribution in [-0.2, 0) is 4.74 Å². The van der Waals surface area contributed by atoms with Gasteiger partial charge < -0.3 is 19.7 Å². The molecule has 5 heteroatoms. The highest BCUT2D eigenvalue weighted by Gasteiger charge is 2.22. The molecule has 1 fully saturated rings. The van der Waals surface area contributed by atoms with E-state index in [1.807, 2.05) is 54.6 Å². The second kappa shape index (κ2) is 7.84. The second-order valence-corrected chi connectivity index (χ2v) is 5.67. The number of nitrogens with one attached hydrogen (secondary N) is 1. The molecule has 2 aromatic rings. The van der Waals surface area contributed by atoms with Crippen molar-refractivity contribution >= 4 is 6.03 Å². The molecule has 1 N–H and O–H groups in total. The number of ether oxygens (including phenoxy) is 2. The highest BCUT2D eigenvalue weighted by atomic mass is 16.5. The van der Waals surface area contributed by atoms with E-state index < -0.39 is 0 Å². The quantitative estimate of drug-likeness (QED) is 0.940. The van der Waals surface area contributed by atoms with Gasteiger partial charge in [-0.1, -0.05) is 42.5 Å². The Morgan fingerprint density at radius 2 is 1.67 bits per heavy atom. The van der Waals surface area contributed by atoms with Crippen LogP contribution in [0.2, 0.25) is 0 Å². The molecule has 1 saturated heterocycles. The van der Waals surface area contributed by atoms with Crippen LogP contribution in [0.15, 0.2) is 54.6 Å². The number of hydrogen-bond donors (Lipinski definition) is 1. The van der Waals surface area contributed by atoms with Crippen LogP contribution in [0.3, 0.4) is 0 Å². The molecular weight excluding hydrogens is 304 g/mol. The molecule has 5 nitrogen and oxygen atoms in total. The van der Waals surface area contributed by atoms with Gasteiger partial charge in [-0.05, 0) is 23.3 Å². The number of urea groups is 1. The van der Waals surface area contributed by atoms with E-state index in [1.165, 1.54) is 0 Å². The number of morpholine rings is 1. The zero-order chi connectivity index (χ0) is 16.8. The van der Waals surface area contributed by atoms with Gasteiger partial charge in [0.05, 0.1) is 26.4 Å². The largest absolute Gasteiger partial charge is 0.497 e. The van der Waals surface area contributed by atoms with Gasteiger partial charge in [0.25, 0.3) is 0 Å². The zero-order valence-electron chi connectivity index (χ0n) is 13.8. The van der Waals surface area contributed by atoms with Crippen LogP contribution in [-0.4, -0.2) is 44.3 Å². The summed E-state index contributed by atoms with van der Waals surface area (Å²) >= 11 is 0. The van der Waals surface area contributed by atoms with Crippen molar-refractivity contribution in [3.8, 4) is 5.75 Å². The summed E-state index contributed by atoms with van der Waals surface area (Å²) in [5.41, 5.74) is 2.06. The Kier molecular flexibility index (Phi) is 5.33. The summed E-state index contributed by atoms with van der Waals surface area (Å²) in [4.78, 5) is 14.4. The first-order valence-corrected chi connectivity index (χ1v) is 8.10. The van der Waals surface area contributed by atoms with Gasteiger partial charge in [0.1, 0.15) is 5.75 Å². The molecule has 126 valence electrons. The maximum Gasteiger partial charge on any atom is 0.318 e. The van der Waals surface area contributed by atoms with Gasteiger partial charge in [-0.25, -0.2) is 4.79 Å². The molecule has 2 aromatic carbocycles. The summed E-state index contributed by atoms with van der Waals surface area (Å²) in [5, 5.41) is 3.15. The number of nitrogens with zero attached hydrogens (tertiary/aromatic N) is 1. The minimum absolute atomic E-state index is 0.0667. The Labute approximate surface area is 142 Å². The van der Waals surface area contributed by atoms with Gasteiger partial charge >= 0.3 is 6.03 Å². The average Bonchev–Trinajstić information content (AvgIpc) is 2.67. The highest BCUT2D eigenvalue weighted by molar-refractivity contribution is 5.75. The maximum absolute atomic E-state index is 12.6. The van der Waals surface area contributed by atoms with Gasteiger partial charge in [0, 0.05) is 13.1 Å². The smallest absolute Gasteiger partial charge is 0.318 e. The number of methoxy groups -OCH3 is 1. The lowest BCUT2D eigenvalue weighted by molar-refractivity contribution is 0.0528. The summed E-state index contributed by atoms with van der Waals surface area (Å²) in [6, 6.07) is 17.5. The van der Waals surface area contributed by atoms with Crippen LogP contribution < -0.4 is 10.1 Å². The van der Waals surface area contributed by atoms with Crippen molar-refractivity contribution in [2.45, 2.75) is 6.04 Å². The fourth-order valence-electron chi connectivity index (χ4n) is 2.78. The van der Waals surface area contributed by atoms with Gasteiger partial charge in [0.15, 0.2) is 0 Å². The predicted molar refractivity (Wildman–Crippen MR) is 92.2 cm³/mol. The molecule has 0 saturated carbocycles. The SMILES string of the molecule is COc1ccc([C@H](NC(=O)N2CCOCC2)c2ccccc2)cc1. The van der Waals surface area contributed by atoms with Crippen LogP contribution in [0, 0.1) is 0 Å². The van der Waals surface area contributed by atoms with Gasteiger partial charge in [-0.2, -0.15) is 0 Å². The minimum Gasteiger partial charge on any atom is -0.497 e. The van der Waals surface area contributed by atoms with E-state index in [9.17, 15) is 4.79 Å². The number of rotatable bonds is 4. The van der Waals surface area contributed by atoms with Crippen molar-refractivity contribution in [2.75, 3.05) is 33.4 Å². The average molecular weight is 326 g/mol. The van der Waals surface area contributed by atoms with E-state index in [0.29, 0.717) is 26.3 Å². The number of carbonyl (C=O) groups excluding carboxylic acids is 1. The molecule has 3 rings (SSSR count). The molecule has 1 aliphatic rings. The molecule has 0 aromatic heterocycles. The molecule has 1 aliphatic heterocycles. The first kappa shape index (κ1) is 16.3. The van der Waals surface area contributed by atoms with E-state index in [4.69, 9.17) is 9.47 Å². The van der Waals surface area contributed by atoms with Crippen molar-refractivity contribution in [3.05, 3.63) is 65.7 Å². The van der Waals surface area contributed by atoms with Crippen molar-refractivity contribution in [1.29, 1.82) is 0 Å². The Bertz CT molecular complexity index is 652. The molecule has 0 bridgehead atoms. The molecule has 0 aliphatic carbocycles. The van der Waals surface area contributed by atoms with Crippen molar-refractivity contribution in [2.24, 2.45) is 0 Å². The monoisotopic (exact) mass is 326 g/mol. The number of benzene rings is 2. The topological polar surface area (TPSA) is 50.8 Å². The molecule has 1 heterocycles. The lowest BCUT2D eigenvalue weighted by Gasteiger charge is -2.29. The van der Waals surface area contributed by atoms with Crippen molar-refractivity contribution in [1.82, 2.24) is 10.2 Å². The third kappa shape index (κ3) is 3.86. The summed E-state index contributed by atoms with van der Waals surface area (Å²) < 4.78 is 10.5. The Morgan fingerprint density at radius 1 is 1.04 bits per heavy atom. The summed E-state index contributed by atoms with van der Waals surface area (Å²) in [6.45, 7) is 2.42. The molecule has 0 spiro atoms. The van der Waals surface area contributed by atoms with Crippen molar-refractivity contribution < 1.29 is 14.3 Å². The third-order valence-electron chi connectivity index (χ3n) is 4.15. The third-order valence-corrected chi connectivity index (χ3v) is 4.15. The fourth-order valence-corrected chi connectivity index (χ4v) is 2.78. The summed E-state index contributed by atoms with van der Waals surface area (Å²) in [5.74, 6) is 0.796. The summed E-state index contributed by atoms with van der Waals surface area (Å²) in [6.07, 6.45) is 0. The van der Waals surface area contributed by atoms with E-state index in [-0.39, 0.29) is 12.1 Å². The predicted octanol–water partition coefficient (Wildman–Crippen LogP) is 2.83. The van der Waals surface area contributed by atoms with Gasteiger partial charge in [-0.3, -0.25) is 0 Å². The highest BCUT2D eigenvalue weighted by Crippen LogP contribution is 2.24. The van der Waals surface area contributed by atoms with Crippen LogP contribution >= 0.6 is 0 Å². The lowest BCUT2D eigenvalue weighted by Crippen LogP contribution is -2.47. The first-order chi connectivity index (χ1) is 11.8. The van der Waals surface area contributed by atoms with Crippen LogP contribution in [0.5, 0.6) is 5.75 Å². The Balaban J connectivity index is 1.83. The molecule has 24 heavy (non-hydrogen) atoms. The van der Waals surface area contributed by atoms with Crippen LogP contribution in [0.25, 0.3) is 0 Å².